The molecule has 0 saturated heterocycles. The van der Waals surface area contributed by atoms with Crippen molar-refractivity contribution in [1.82, 2.24) is 0 Å². The summed E-state index contributed by atoms with van der Waals surface area (Å²) in [4.78, 5) is 0. The lowest BCUT2D eigenvalue weighted by Gasteiger charge is -1.21. The molecule has 0 saturated carbocycles. The van der Waals surface area contributed by atoms with E-state index >= 15 is 0 Å². The summed E-state index contributed by atoms with van der Waals surface area (Å²) in [5.41, 5.74) is 0. The summed E-state index contributed by atoms with van der Waals surface area (Å²) in [7, 11) is 4.00. The van der Waals surface area contributed by atoms with E-state index in [4.69, 9.17) is 9.42 Å². The molecule has 0 unspecified atom stereocenters. The highest BCUT2D eigenvalue weighted by molar-refractivity contribution is 5.96. The Balaban J connectivity index is 0. The molecule has 0 aliphatic carbocycles. The summed E-state index contributed by atoms with van der Waals surface area (Å²) in [6.07, 6.45) is 0. The van der Waals surface area contributed by atoms with Crippen LogP contribution in [0.15, 0.2) is 0 Å². The summed E-state index contributed by atoms with van der Waals surface area (Å²) in [5, 5.41) is 7.00. The van der Waals surface area contributed by atoms with E-state index in [1.807, 2.05) is 0 Å². The van der Waals surface area contributed by atoms with Gasteiger partial charge in [0, 0.05) is 7.11 Å². The molecule has 0 atom stereocenters. The molecule has 4 heavy (non-hydrogen) atoms. The van der Waals surface area contributed by atoms with Gasteiger partial charge in [0.1, 0.15) is 0 Å². The van der Waals surface area contributed by atoms with E-state index in [1.54, 1.807) is 0 Å². The van der Waals surface area contributed by atoms with Crippen LogP contribution in [0.3, 0.4) is 0 Å². The molecule has 1 N–H and O–H groups in total. The molecule has 0 fully saturated rings. The smallest absolute Gasteiger partial charge is 0.350 e. The van der Waals surface area contributed by atoms with Crippen LogP contribution in [0.4, 0.5) is 4.32 Å². The van der Waals surface area contributed by atoms with E-state index < -0.39 is 0 Å². The van der Waals surface area contributed by atoms with Gasteiger partial charge in [-0.05, 0) is 0 Å². The molecular weight excluding hydrogens is 57.8 g/mol. The third-order valence-electron chi connectivity index (χ3n) is 0. The van der Waals surface area contributed by atoms with Crippen molar-refractivity contribution < 1.29 is 9.42 Å². The highest BCUT2D eigenvalue weighted by Crippen LogP contribution is 1.10. The maximum absolute atomic E-state index is 9.00. The first-order valence-electron chi connectivity index (χ1n) is 0.665. The van der Waals surface area contributed by atoms with Gasteiger partial charge in [-0.3, -0.25) is 0 Å². The van der Waals surface area contributed by atoms with Gasteiger partial charge < -0.3 is 9.42 Å². The second-order valence-electron chi connectivity index (χ2n) is 0. The van der Waals surface area contributed by atoms with E-state index in [0.29, 0.717) is 0 Å². The fourth-order valence-electron chi connectivity index (χ4n) is 0. The van der Waals surface area contributed by atoms with Crippen LogP contribution >= 0.6 is 0 Å². The molecule has 0 aromatic carbocycles. The molecule has 0 aromatic rings. The molecule has 0 aromatic heterocycles. The first kappa shape index (κ1) is 9.04. The van der Waals surface area contributed by atoms with E-state index in [0.717, 1.165) is 7.11 Å². The second kappa shape index (κ2) is 5560. The summed E-state index contributed by atoms with van der Waals surface area (Å²) >= 11 is 0. The molecule has 0 amide bonds. The molecule has 0 aliphatic rings. The minimum atomic E-state index is 1.00. The highest BCUT2D eigenvalue weighted by Gasteiger charge is 1.06. The Labute approximate surface area is 25.9 Å². The lowest BCUT2D eigenvalue weighted by Crippen LogP contribution is -1.25. The zero-order valence-corrected chi connectivity index (χ0v) is 2.40. The Morgan fingerprint density at radius 2 is 1.50 bits per heavy atom. The number of aliphatic hydroxyl groups is 1. The first-order chi connectivity index (χ1) is 2.00. The third-order valence-corrected chi connectivity index (χ3v) is 0. The van der Waals surface area contributed by atoms with Crippen molar-refractivity contribution in [3.8, 4) is 0 Å². The molecular formula is CH4BFO. The zero-order chi connectivity index (χ0) is 4.00. The van der Waals surface area contributed by atoms with Crippen LogP contribution in [0.2, 0.25) is 0 Å². The van der Waals surface area contributed by atoms with Crippen LogP contribution in [0.25, 0.3) is 0 Å². The average molecular weight is 61.9 g/mol. The highest BCUT2D eigenvalue weighted by atomic mass is 19.1. The van der Waals surface area contributed by atoms with Crippen molar-refractivity contribution in [3.05, 3.63) is 0 Å². The molecule has 0 spiro atoms. The number of aliphatic hydroxyl groups excluding tert-OH is 1. The zero-order valence-electron chi connectivity index (χ0n) is 2.40. The summed E-state index contributed by atoms with van der Waals surface area (Å²) < 4.78 is 9.00. The van der Waals surface area contributed by atoms with Crippen LogP contribution < -0.4 is 0 Å². The summed E-state index contributed by atoms with van der Waals surface area (Å²) in [6.45, 7) is 0. The second-order valence-corrected chi connectivity index (χ2v) is 0. The van der Waals surface area contributed by atoms with Crippen LogP contribution in [-0.2, 0) is 0 Å². The lowest BCUT2D eigenvalue weighted by atomic mass is 10.7. The molecule has 0 aliphatic heterocycles. The molecule has 0 heterocycles. The number of rotatable bonds is 0. The maximum atomic E-state index is 9.00. The van der Waals surface area contributed by atoms with Gasteiger partial charge in [-0.25, -0.2) is 0 Å². The van der Waals surface area contributed by atoms with Gasteiger partial charge in [0.05, 0.1) is 0 Å². The van der Waals surface area contributed by atoms with Crippen LogP contribution in [0.1, 0.15) is 0 Å². The van der Waals surface area contributed by atoms with Crippen LogP contribution in [-0.4, -0.2) is 20.3 Å². The van der Waals surface area contributed by atoms with Crippen molar-refractivity contribution in [1.29, 1.82) is 0 Å². The SMILES string of the molecule is CO.[B]F. The Morgan fingerprint density at radius 3 is 1.50 bits per heavy atom. The Kier molecular flexibility index (Phi) is 12600. The molecule has 3 heteroatoms. The fourth-order valence-corrected chi connectivity index (χ4v) is 0. The fraction of sp³-hybridized carbons (Fsp3) is 1.00. The van der Waals surface area contributed by atoms with E-state index in [1.165, 1.54) is 0 Å². The van der Waals surface area contributed by atoms with Crippen molar-refractivity contribution >= 4 is 8.12 Å². The van der Waals surface area contributed by atoms with Crippen molar-refractivity contribution in [2.75, 3.05) is 7.11 Å². The lowest BCUT2D eigenvalue weighted by molar-refractivity contribution is 0.399. The van der Waals surface area contributed by atoms with Gasteiger partial charge in [-0.15, -0.1) is 0 Å². The van der Waals surface area contributed by atoms with E-state index in [-0.39, 0.29) is 0 Å². The average Bonchev–Trinajstić information content (AvgIpc) is 1.50. The predicted molar refractivity (Wildman–Crippen MR) is 15.0 cm³/mol. The number of halogens is 1. The van der Waals surface area contributed by atoms with Gasteiger partial charge >= 0.3 is 8.12 Å². The quantitative estimate of drug-likeness (QED) is 0.380. The molecule has 2 radical (unpaired) electrons. The van der Waals surface area contributed by atoms with Crippen LogP contribution in [0, 0.1) is 0 Å². The third kappa shape index (κ3) is 878. The monoisotopic (exact) mass is 62.0 g/mol. The topological polar surface area (TPSA) is 20.2 Å². The van der Waals surface area contributed by atoms with Gasteiger partial charge in [0.15, 0.2) is 0 Å². The van der Waals surface area contributed by atoms with E-state index in [2.05, 4.69) is 8.12 Å². The standard InChI is InChI=1S/CH4O.BF/c2*1-2/h2H,1H3;. The summed E-state index contributed by atoms with van der Waals surface area (Å²) in [5.74, 6) is 0. The molecule has 0 bridgehead atoms. The van der Waals surface area contributed by atoms with Gasteiger partial charge in [-0.1, -0.05) is 0 Å². The summed E-state index contributed by atoms with van der Waals surface area (Å²) in [6, 6.07) is 0. The number of hydrogen-bond acceptors (Lipinski definition) is 1. The van der Waals surface area contributed by atoms with Gasteiger partial charge in [0.25, 0.3) is 0 Å². The van der Waals surface area contributed by atoms with Crippen LogP contribution in [0.5, 0.6) is 0 Å². The van der Waals surface area contributed by atoms with Crippen molar-refractivity contribution in [3.63, 3.8) is 0 Å². The molecule has 0 rings (SSSR count). The normalized spacial score (nSPS) is 2.75. The minimum absolute atomic E-state index is 1.00. The largest absolute Gasteiger partial charge is 0.400 e. The van der Waals surface area contributed by atoms with Gasteiger partial charge in [0.2, 0.25) is 0 Å². The number of hydrogen-bond donors (Lipinski definition) is 1. The molecule has 24 valence electrons. The van der Waals surface area contributed by atoms with Gasteiger partial charge in [-0.2, -0.15) is 0 Å². The van der Waals surface area contributed by atoms with E-state index in [9.17, 15) is 0 Å². The maximum Gasteiger partial charge on any atom is 0.350 e. The predicted octanol–water partition coefficient (Wildman–Crippen LogP) is -0.352. The van der Waals surface area contributed by atoms with Crippen molar-refractivity contribution in [2.45, 2.75) is 0 Å². The Hall–Kier alpha value is -0.0451. The molecule has 1 nitrogen and oxygen atoms in total. The first-order valence-corrected chi connectivity index (χ1v) is 0.665. The van der Waals surface area contributed by atoms with Crippen molar-refractivity contribution in [2.24, 2.45) is 0 Å². The minimum Gasteiger partial charge on any atom is -0.400 e. The Bertz CT molecular complexity index is 8.00. The Morgan fingerprint density at radius 1 is 1.50 bits per heavy atom.